The molecule has 5 heteroatoms. The first-order valence-corrected chi connectivity index (χ1v) is 10.8. The van der Waals surface area contributed by atoms with Gasteiger partial charge in [0.15, 0.2) is 0 Å². The van der Waals surface area contributed by atoms with E-state index >= 15 is 0 Å². The Bertz CT molecular complexity index is 1140. The fourth-order valence-electron chi connectivity index (χ4n) is 3.75. The molecule has 1 aliphatic rings. The Morgan fingerprint density at radius 3 is 2.54 bits per heavy atom. The number of ether oxygens (including phenoxy) is 1. The maximum absolute atomic E-state index is 11.6. The van der Waals surface area contributed by atoms with Crippen LogP contribution in [0.5, 0.6) is 5.75 Å². The molecule has 28 heavy (non-hydrogen) atoms. The van der Waals surface area contributed by atoms with Gasteiger partial charge >= 0.3 is 0 Å². The van der Waals surface area contributed by atoms with Crippen LogP contribution < -0.4 is 9.88 Å². The summed E-state index contributed by atoms with van der Waals surface area (Å²) in [5.41, 5.74) is 5.81. The zero-order chi connectivity index (χ0) is 19.7. The van der Waals surface area contributed by atoms with Crippen molar-refractivity contribution in [1.29, 1.82) is 0 Å². The third-order valence-electron chi connectivity index (χ3n) is 4.86. The molecular formula is C23H21NO3S. The van der Waals surface area contributed by atoms with Crippen molar-refractivity contribution in [3.05, 3.63) is 102 Å². The summed E-state index contributed by atoms with van der Waals surface area (Å²) in [7, 11) is -3.62. The van der Waals surface area contributed by atoms with Crippen molar-refractivity contribution in [2.75, 3.05) is 0 Å². The van der Waals surface area contributed by atoms with Crippen molar-refractivity contribution in [2.24, 2.45) is 5.14 Å². The molecule has 0 aromatic heterocycles. The summed E-state index contributed by atoms with van der Waals surface area (Å²) < 4.78 is 29.6. The lowest BCUT2D eigenvalue weighted by Gasteiger charge is -2.31. The number of hydrogen-bond donors (Lipinski definition) is 1. The predicted octanol–water partition coefficient (Wildman–Crippen LogP) is 4.35. The summed E-state index contributed by atoms with van der Waals surface area (Å²) in [5.74, 6) is 0.614. The fourth-order valence-corrected chi connectivity index (χ4v) is 4.40. The van der Waals surface area contributed by atoms with Crippen molar-refractivity contribution < 1.29 is 13.2 Å². The molecule has 2 N–H and O–H groups in total. The molecule has 0 fully saturated rings. The second-order valence-electron chi connectivity index (χ2n) is 6.92. The van der Waals surface area contributed by atoms with Crippen LogP contribution in [0.25, 0.3) is 11.1 Å². The highest BCUT2D eigenvalue weighted by Crippen LogP contribution is 2.46. The minimum Gasteiger partial charge on any atom is -0.480 e. The average Bonchev–Trinajstić information content (AvgIpc) is 2.67. The van der Waals surface area contributed by atoms with Crippen LogP contribution in [-0.2, 0) is 22.2 Å². The number of hydrogen-bond acceptors (Lipinski definition) is 3. The van der Waals surface area contributed by atoms with Crippen LogP contribution in [0.4, 0.5) is 0 Å². The summed E-state index contributed by atoms with van der Waals surface area (Å²) in [6.45, 7) is 3.86. The van der Waals surface area contributed by atoms with Gasteiger partial charge in [0.25, 0.3) is 0 Å². The van der Waals surface area contributed by atoms with E-state index in [0.717, 1.165) is 40.0 Å². The molecule has 0 saturated carbocycles. The van der Waals surface area contributed by atoms with E-state index in [2.05, 4.69) is 12.6 Å². The van der Waals surface area contributed by atoms with Crippen LogP contribution >= 0.6 is 0 Å². The standard InChI is InChI=1S/C23H21NO3S/c1-2-7-17-10-6-11-21-22(17)19-13-12-16(15-28(24,25)26)14-20(19)23(27-21)18-8-4-3-5-9-18/h2-6,8-14,23H,1,7,15H2,(H2,24,25,26). The van der Waals surface area contributed by atoms with Crippen molar-refractivity contribution in [3.63, 3.8) is 0 Å². The molecule has 3 aromatic carbocycles. The minimum atomic E-state index is -3.62. The highest BCUT2D eigenvalue weighted by atomic mass is 32.2. The molecule has 1 atom stereocenters. The van der Waals surface area contributed by atoms with E-state index in [1.54, 1.807) is 0 Å². The molecule has 1 aliphatic heterocycles. The van der Waals surface area contributed by atoms with Crippen LogP contribution in [-0.4, -0.2) is 8.42 Å². The van der Waals surface area contributed by atoms with Crippen molar-refractivity contribution in [3.8, 4) is 16.9 Å². The second-order valence-corrected chi connectivity index (χ2v) is 8.53. The third kappa shape index (κ3) is 3.59. The molecule has 0 amide bonds. The van der Waals surface area contributed by atoms with Gasteiger partial charge in [0.2, 0.25) is 10.0 Å². The molecule has 4 rings (SSSR count). The second kappa shape index (κ2) is 7.26. The average molecular weight is 391 g/mol. The van der Waals surface area contributed by atoms with Crippen LogP contribution in [0.15, 0.2) is 79.4 Å². The third-order valence-corrected chi connectivity index (χ3v) is 5.60. The summed E-state index contributed by atoms with van der Waals surface area (Å²) >= 11 is 0. The maximum Gasteiger partial charge on any atom is 0.213 e. The Kier molecular flexibility index (Phi) is 4.79. The van der Waals surface area contributed by atoms with Crippen molar-refractivity contribution in [2.45, 2.75) is 18.3 Å². The van der Waals surface area contributed by atoms with Gasteiger partial charge < -0.3 is 4.74 Å². The molecule has 1 unspecified atom stereocenters. The lowest BCUT2D eigenvalue weighted by atomic mass is 9.86. The monoisotopic (exact) mass is 391 g/mol. The summed E-state index contributed by atoms with van der Waals surface area (Å²) in [4.78, 5) is 0. The van der Waals surface area contributed by atoms with Gasteiger partial charge in [-0.15, -0.1) is 6.58 Å². The van der Waals surface area contributed by atoms with Gasteiger partial charge in [-0.25, -0.2) is 13.6 Å². The van der Waals surface area contributed by atoms with E-state index in [-0.39, 0.29) is 11.9 Å². The molecule has 1 heterocycles. The fraction of sp³-hybridized carbons (Fsp3) is 0.130. The van der Waals surface area contributed by atoms with Gasteiger partial charge in [0.05, 0.1) is 5.75 Å². The maximum atomic E-state index is 11.6. The minimum absolute atomic E-state index is 0.205. The Morgan fingerprint density at radius 1 is 1.04 bits per heavy atom. The SMILES string of the molecule is C=CCc1cccc2c1-c1ccc(CS(N)(=O)=O)cc1C(c1ccccc1)O2. The molecule has 0 radical (unpaired) electrons. The first-order valence-electron chi connectivity index (χ1n) is 9.04. The zero-order valence-electron chi connectivity index (χ0n) is 15.3. The van der Waals surface area contributed by atoms with Gasteiger partial charge in [-0.05, 0) is 34.7 Å². The number of rotatable bonds is 5. The number of sulfonamides is 1. The van der Waals surface area contributed by atoms with E-state index in [9.17, 15) is 8.42 Å². The van der Waals surface area contributed by atoms with E-state index in [4.69, 9.17) is 9.88 Å². The molecule has 0 aliphatic carbocycles. The molecule has 142 valence electrons. The van der Waals surface area contributed by atoms with Gasteiger partial charge in [-0.1, -0.05) is 66.7 Å². The number of nitrogens with two attached hydrogens (primary N) is 1. The summed E-state index contributed by atoms with van der Waals surface area (Å²) in [6.07, 6.45) is 2.28. The van der Waals surface area contributed by atoms with E-state index in [1.807, 2.05) is 66.7 Å². The van der Waals surface area contributed by atoms with Gasteiger partial charge in [0.1, 0.15) is 11.9 Å². The zero-order valence-corrected chi connectivity index (χ0v) is 16.2. The van der Waals surface area contributed by atoms with Crippen LogP contribution in [0.2, 0.25) is 0 Å². The lowest BCUT2D eigenvalue weighted by Crippen LogP contribution is -2.18. The van der Waals surface area contributed by atoms with E-state index in [0.29, 0.717) is 5.56 Å². The quantitative estimate of drug-likeness (QED) is 0.657. The molecule has 0 saturated heterocycles. The number of allylic oxidation sites excluding steroid dienone is 1. The molecular weight excluding hydrogens is 370 g/mol. The van der Waals surface area contributed by atoms with E-state index < -0.39 is 10.0 Å². The highest BCUT2D eigenvalue weighted by Gasteiger charge is 2.29. The summed E-state index contributed by atoms with van der Waals surface area (Å²) in [6, 6.07) is 21.6. The summed E-state index contributed by atoms with van der Waals surface area (Å²) in [5, 5.41) is 5.26. The van der Waals surface area contributed by atoms with Crippen LogP contribution in [0.1, 0.15) is 28.4 Å². The number of primary sulfonamides is 1. The highest BCUT2D eigenvalue weighted by molar-refractivity contribution is 7.88. The molecule has 4 nitrogen and oxygen atoms in total. The molecule has 0 bridgehead atoms. The normalized spacial score (nSPS) is 15.2. The van der Waals surface area contributed by atoms with Crippen molar-refractivity contribution in [1.82, 2.24) is 0 Å². The van der Waals surface area contributed by atoms with Gasteiger partial charge in [0, 0.05) is 11.1 Å². The first kappa shape index (κ1) is 18.5. The smallest absolute Gasteiger partial charge is 0.213 e. The van der Waals surface area contributed by atoms with Gasteiger partial charge in [-0.3, -0.25) is 0 Å². The topological polar surface area (TPSA) is 69.4 Å². The Hall–Kier alpha value is -2.89. The number of benzene rings is 3. The Labute approximate surface area is 165 Å². The predicted molar refractivity (Wildman–Crippen MR) is 112 cm³/mol. The lowest BCUT2D eigenvalue weighted by molar-refractivity contribution is 0.243. The van der Waals surface area contributed by atoms with Crippen molar-refractivity contribution >= 4 is 10.0 Å². The largest absolute Gasteiger partial charge is 0.480 e. The Balaban J connectivity index is 1.93. The van der Waals surface area contributed by atoms with Crippen LogP contribution in [0, 0.1) is 0 Å². The Morgan fingerprint density at radius 2 is 1.82 bits per heavy atom. The van der Waals surface area contributed by atoms with Gasteiger partial charge in [-0.2, -0.15) is 0 Å². The van der Waals surface area contributed by atoms with E-state index in [1.165, 1.54) is 0 Å². The molecule has 3 aromatic rings. The van der Waals surface area contributed by atoms with Crippen LogP contribution in [0.3, 0.4) is 0 Å². The first-order chi connectivity index (χ1) is 13.5. The number of fused-ring (bicyclic) bond motifs is 3. The molecule has 0 spiro atoms.